The third kappa shape index (κ3) is 2.60. The largest absolute Gasteiger partial charge is 0.478 e. The number of carboxylic acids is 1. The molecule has 1 aliphatic heterocycles. The van der Waals surface area contributed by atoms with E-state index in [9.17, 15) is 13.6 Å². The molecule has 0 saturated carbocycles. The van der Waals surface area contributed by atoms with E-state index in [-0.39, 0.29) is 11.7 Å². The van der Waals surface area contributed by atoms with Gasteiger partial charge in [0.2, 0.25) is 0 Å². The molecule has 0 radical (unpaired) electrons. The molecule has 1 aliphatic rings. The summed E-state index contributed by atoms with van der Waals surface area (Å²) < 4.78 is 27.9. The fourth-order valence-corrected chi connectivity index (χ4v) is 2.72. The number of hydrogen-bond donors (Lipinski definition) is 2. The van der Waals surface area contributed by atoms with Crippen LogP contribution in [0.4, 0.5) is 14.5 Å². The number of carbonyl (C=O) groups is 1. The number of anilines is 1. The minimum absolute atomic E-state index is 0.0525. The summed E-state index contributed by atoms with van der Waals surface area (Å²) in [6.07, 6.45) is 1.69. The van der Waals surface area contributed by atoms with E-state index in [1.54, 1.807) is 4.90 Å². The first-order valence-corrected chi connectivity index (χ1v) is 6.63. The van der Waals surface area contributed by atoms with Gasteiger partial charge in [-0.05, 0) is 30.9 Å². The first kappa shape index (κ1) is 14.7. The van der Waals surface area contributed by atoms with E-state index in [1.807, 2.05) is 0 Å². The van der Waals surface area contributed by atoms with Gasteiger partial charge < -0.3 is 15.7 Å². The lowest BCUT2D eigenvalue weighted by atomic mass is 9.92. The number of halogens is 2. The predicted molar refractivity (Wildman–Crippen MR) is 71.9 cm³/mol. The zero-order valence-corrected chi connectivity index (χ0v) is 11.3. The summed E-state index contributed by atoms with van der Waals surface area (Å²) in [5.74, 6) is -3.41. The highest BCUT2D eigenvalue weighted by Crippen LogP contribution is 2.31. The van der Waals surface area contributed by atoms with Gasteiger partial charge in [-0.3, -0.25) is 0 Å². The van der Waals surface area contributed by atoms with Crippen LogP contribution >= 0.6 is 0 Å². The maximum Gasteiger partial charge on any atom is 0.338 e. The molecule has 1 aromatic rings. The van der Waals surface area contributed by atoms with Crippen molar-refractivity contribution in [1.29, 1.82) is 0 Å². The molecule has 110 valence electrons. The average molecular weight is 284 g/mol. The lowest BCUT2D eigenvalue weighted by molar-refractivity contribution is 0.0690. The third-order valence-electron chi connectivity index (χ3n) is 3.85. The van der Waals surface area contributed by atoms with Crippen molar-refractivity contribution in [2.45, 2.75) is 25.8 Å². The van der Waals surface area contributed by atoms with E-state index in [0.29, 0.717) is 19.0 Å². The smallest absolute Gasteiger partial charge is 0.338 e. The van der Waals surface area contributed by atoms with E-state index in [4.69, 9.17) is 10.8 Å². The first-order valence-electron chi connectivity index (χ1n) is 6.63. The van der Waals surface area contributed by atoms with Crippen molar-refractivity contribution in [2.24, 2.45) is 11.7 Å². The molecule has 1 fully saturated rings. The Bertz CT molecular complexity index is 522. The normalized spacial score (nSPS) is 22.9. The summed E-state index contributed by atoms with van der Waals surface area (Å²) in [5, 5.41) is 8.78. The van der Waals surface area contributed by atoms with Crippen molar-refractivity contribution in [1.82, 2.24) is 0 Å². The quantitative estimate of drug-likeness (QED) is 0.893. The molecular weight excluding hydrogens is 266 g/mol. The Morgan fingerprint density at radius 3 is 2.75 bits per heavy atom. The van der Waals surface area contributed by atoms with E-state index < -0.39 is 23.2 Å². The number of nitrogens with two attached hydrogens (primary N) is 1. The zero-order chi connectivity index (χ0) is 14.9. The Morgan fingerprint density at radius 1 is 1.45 bits per heavy atom. The van der Waals surface area contributed by atoms with Gasteiger partial charge in [0.1, 0.15) is 0 Å². The van der Waals surface area contributed by atoms with Gasteiger partial charge in [0.25, 0.3) is 0 Å². The van der Waals surface area contributed by atoms with Crippen LogP contribution < -0.4 is 10.6 Å². The fourth-order valence-electron chi connectivity index (χ4n) is 2.72. The number of hydrogen-bond acceptors (Lipinski definition) is 3. The SMILES string of the molecule is CC1CCN(c2ccc(C(=O)O)c(F)c2F)C(CN)C1. The van der Waals surface area contributed by atoms with Crippen molar-refractivity contribution in [2.75, 3.05) is 18.0 Å². The summed E-state index contributed by atoms with van der Waals surface area (Å²) >= 11 is 0. The summed E-state index contributed by atoms with van der Waals surface area (Å²) in [5.41, 5.74) is 5.15. The second-order valence-corrected chi connectivity index (χ2v) is 5.28. The highest BCUT2D eigenvalue weighted by atomic mass is 19.2. The van der Waals surface area contributed by atoms with Crippen LogP contribution in [0.25, 0.3) is 0 Å². The summed E-state index contributed by atoms with van der Waals surface area (Å²) in [6.45, 7) is 3.04. The molecule has 1 aromatic carbocycles. The van der Waals surface area contributed by atoms with E-state index >= 15 is 0 Å². The molecule has 20 heavy (non-hydrogen) atoms. The minimum Gasteiger partial charge on any atom is -0.478 e. The number of carboxylic acid groups (broad SMARTS) is 1. The van der Waals surface area contributed by atoms with E-state index in [0.717, 1.165) is 18.9 Å². The Labute approximate surface area is 116 Å². The number of rotatable bonds is 3. The Balaban J connectivity index is 2.37. The van der Waals surface area contributed by atoms with Crippen molar-refractivity contribution < 1.29 is 18.7 Å². The van der Waals surface area contributed by atoms with Gasteiger partial charge in [-0.1, -0.05) is 6.92 Å². The topological polar surface area (TPSA) is 66.6 Å². The molecule has 2 atom stereocenters. The molecule has 2 unspecified atom stereocenters. The standard InChI is InChI=1S/C14H18F2N2O2/c1-8-4-5-18(9(6-8)7-17)11-3-2-10(14(19)20)12(15)13(11)16/h2-3,8-9H,4-7,17H2,1H3,(H,19,20). The van der Waals surface area contributed by atoms with Crippen LogP contribution in [-0.4, -0.2) is 30.2 Å². The number of nitrogens with zero attached hydrogens (tertiary/aromatic N) is 1. The summed E-state index contributed by atoms with van der Waals surface area (Å²) in [4.78, 5) is 12.5. The molecule has 0 amide bonds. The van der Waals surface area contributed by atoms with Crippen LogP contribution in [0.2, 0.25) is 0 Å². The van der Waals surface area contributed by atoms with Gasteiger partial charge in [0, 0.05) is 19.1 Å². The third-order valence-corrected chi connectivity index (χ3v) is 3.85. The lowest BCUT2D eigenvalue weighted by Gasteiger charge is -2.39. The Kier molecular flexibility index (Phi) is 4.23. The molecule has 3 N–H and O–H groups in total. The molecule has 6 heteroatoms. The molecule has 0 aromatic heterocycles. The average Bonchev–Trinajstić information content (AvgIpc) is 2.41. The Hall–Kier alpha value is -1.69. The van der Waals surface area contributed by atoms with Crippen molar-refractivity contribution in [3.8, 4) is 0 Å². The fraction of sp³-hybridized carbons (Fsp3) is 0.500. The predicted octanol–water partition coefficient (Wildman–Crippen LogP) is 2.23. The highest BCUT2D eigenvalue weighted by Gasteiger charge is 2.29. The summed E-state index contributed by atoms with van der Waals surface area (Å²) in [7, 11) is 0. The second kappa shape index (κ2) is 5.75. The number of aromatic carboxylic acids is 1. The lowest BCUT2D eigenvalue weighted by Crippen LogP contribution is -2.46. The first-order chi connectivity index (χ1) is 9.45. The van der Waals surface area contributed by atoms with Crippen LogP contribution in [-0.2, 0) is 0 Å². The Morgan fingerprint density at radius 2 is 2.15 bits per heavy atom. The van der Waals surface area contributed by atoms with Gasteiger partial charge in [0.05, 0.1) is 11.3 Å². The van der Waals surface area contributed by atoms with Gasteiger partial charge >= 0.3 is 5.97 Å². The minimum atomic E-state index is -1.48. The van der Waals surface area contributed by atoms with Crippen LogP contribution in [0.15, 0.2) is 12.1 Å². The summed E-state index contributed by atoms with van der Waals surface area (Å²) in [6, 6.07) is 2.37. The van der Waals surface area contributed by atoms with Crippen LogP contribution in [0.1, 0.15) is 30.1 Å². The monoisotopic (exact) mass is 284 g/mol. The van der Waals surface area contributed by atoms with Gasteiger partial charge in [-0.15, -0.1) is 0 Å². The molecule has 0 aliphatic carbocycles. The molecule has 2 rings (SSSR count). The van der Waals surface area contributed by atoms with Gasteiger partial charge in [-0.2, -0.15) is 0 Å². The van der Waals surface area contributed by atoms with Gasteiger partial charge in [0.15, 0.2) is 11.6 Å². The maximum absolute atomic E-state index is 14.1. The molecule has 0 spiro atoms. The molecule has 4 nitrogen and oxygen atoms in total. The van der Waals surface area contributed by atoms with Crippen LogP contribution in [0.5, 0.6) is 0 Å². The van der Waals surface area contributed by atoms with E-state index in [2.05, 4.69) is 6.92 Å². The van der Waals surface area contributed by atoms with Crippen molar-refractivity contribution >= 4 is 11.7 Å². The molecule has 1 saturated heterocycles. The second-order valence-electron chi connectivity index (χ2n) is 5.28. The molecule has 1 heterocycles. The van der Waals surface area contributed by atoms with Crippen LogP contribution in [0, 0.1) is 17.6 Å². The van der Waals surface area contributed by atoms with E-state index in [1.165, 1.54) is 6.07 Å². The van der Waals surface area contributed by atoms with Gasteiger partial charge in [-0.25, -0.2) is 13.6 Å². The molecule has 0 bridgehead atoms. The maximum atomic E-state index is 14.1. The number of benzene rings is 1. The molecular formula is C14H18F2N2O2. The zero-order valence-electron chi connectivity index (χ0n) is 11.3. The van der Waals surface area contributed by atoms with Crippen molar-refractivity contribution in [3.05, 3.63) is 29.3 Å². The number of piperidine rings is 1. The highest BCUT2D eigenvalue weighted by molar-refractivity contribution is 5.88. The van der Waals surface area contributed by atoms with Crippen LogP contribution in [0.3, 0.4) is 0 Å². The van der Waals surface area contributed by atoms with Crippen molar-refractivity contribution in [3.63, 3.8) is 0 Å².